The molecule has 0 aliphatic rings. The Morgan fingerprint density at radius 2 is 0.900 bits per heavy atom. The van der Waals surface area contributed by atoms with Gasteiger partial charge in [-0.15, -0.1) is 0 Å². The summed E-state index contributed by atoms with van der Waals surface area (Å²) >= 11 is 0. The van der Waals surface area contributed by atoms with Crippen LogP contribution in [0.15, 0.2) is 0 Å². The summed E-state index contributed by atoms with van der Waals surface area (Å²) in [6, 6.07) is 0. The molecule has 0 aromatic heterocycles. The fourth-order valence-electron chi connectivity index (χ4n) is 0. The van der Waals surface area contributed by atoms with Crippen LogP contribution in [0.4, 0.5) is 9.59 Å². The topological polar surface area (TPSA) is 115 Å². The Morgan fingerprint density at radius 3 is 0.900 bits per heavy atom. The number of carbonyl (C=O) groups is 2. The molecule has 0 bridgehead atoms. The zero-order valence-corrected chi connectivity index (χ0v) is 7.91. The van der Waals surface area contributed by atoms with Crippen molar-refractivity contribution in [3.8, 4) is 0 Å². The third-order valence-corrected chi connectivity index (χ3v) is 0. The van der Waals surface area contributed by atoms with Gasteiger partial charge in [0.1, 0.15) is 0 Å². The van der Waals surface area contributed by atoms with Crippen LogP contribution in [-0.4, -0.2) is 32.7 Å². The van der Waals surface area contributed by atoms with Crippen LogP contribution >= 0.6 is 0 Å². The second kappa shape index (κ2) is 16.0. The number of hydrogen-bond acceptors (Lipinski definition) is 2. The molecule has 0 aromatic carbocycles. The van der Waals surface area contributed by atoms with Crippen LogP contribution in [0.2, 0.25) is 0 Å². The first-order valence-electron chi connectivity index (χ1n) is 1.30. The minimum atomic E-state index is -1.83. The summed E-state index contributed by atoms with van der Waals surface area (Å²) < 4.78 is 0. The first kappa shape index (κ1) is 22.5. The molecule has 0 amide bonds. The molecule has 60 valence electrons. The van der Waals surface area contributed by atoms with Crippen LogP contribution in [0.3, 0.4) is 0 Å². The van der Waals surface area contributed by atoms with Crippen molar-refractivity contribution in [3.05, 3.63) is 0 Å². The first-order valence-corrected chi connectivity index (χ1v) is 1.30. The van der Waals surface area contributed by atoms with E-state index in [2.05, 4.69) is 0 Å². The molecule has 8 heteroatoms. The summed E-state index contributed by atoms with van der Waals surface area (Å²) in [4.78, 5) is 17.1. The van der Waals surface area contributed by atoms with Crippen molar-refractivity contribution in [3.63, 3.8) is 0 Å². The third kappa shape index (κ3) is 354000. The van der Waals surface area contributed by atoms with Crippen LogP contribution in [-0.2, 0) is 16.5 Å². The molecule has 0 saturated heterocycles. The molecule has 6 nitrogen and oxygen atoms in total. The quantitative estimate of drug-likeness (QED) is 0.328. The fourth-order valence-corrected chi connectivity index (χ4v) is 0. The van der Waals surface area contributed by atoms with Crippen molar-refractivity contribution in [2.24, 2.45) is 0 Å². The van der Waals surface area contributed by atoms with Gasteiger partial charge in [-0.25, -0.2) is 9.59 Å². The summed E-state index contributed by atoms with van der Waals surface area (Å²) in [7, 11) is 0. The molecule has 0 heterocycles. The van der Waals surface area contributed by atoms with E-state index in [1.165, 1.54) is 0 Å². The minimum Gasteiger partial charge on any atom is -1.00 e. The monoisotopic (exact) mass is 206 g/mol. The van der Waals surface area contributed by atoms with Gasteiger partial charge in [-0.05, 0) is 0 Å². The Morgan fingerprint density at radius 1 is 0.900 bits per heavy atom. The van der Waals surface area contributed by atoms with Gasteiger partial charge in [-0.3, -0.25) is 0 Å². The average Bonchev–Trinajstić information content (AvgIpc) is 1.25. The van der Waals surface area contributed by atoms with Crippen molar-refractivity contribution in [2.45, 2.75) is 0 Å². The van der Waals surface area contributed by atoms with E-state index in [0.717, 1.165) is 0 Å². The molecule has 0 rings (SSSR count). The van der Waals surface area contributed by atoms with Crippen molar-refractivity contribution >= 4 is 12.3 Å². The van der Waals surface area contributed by atoms with Gasteiger partial charge in [-0.2, -0.15) is 0 Å². The van der Waals surface area contributed by atoms with Crippen molar-refractivity contribution in [1.29, 1.82) is 0 Å². The molecule has 0 aliphatic carbocycles. The third-order valence-electron chi connectivity index (χ3n) is 0. The van der Waals surface area contributed by atoms with Gasteiger partial charge in [0.2, 0.25) is 0 Å². The standard InChI is InChI=1S/2CH2O3.Na.Ni.H/c2*2-1(3)4;;;/h2*(H2,2,3,4);;;/q;;+1;;-1. The van der Waals surface area contributed by atoms with Crippen LogP contribution in [0, 0.1) is 0 Å². The van der Waals surface area contributed by atoms with Crippen LogP contribution in [0.25, 0.3) is 0 Å². The molecular weight excluding hydrogens is 202 g/mol. The molecule has 0 unspecified atom stereocenters. The molecule has 10 heavy (non-hydrogen) atoms. The van der Waals surface area contributed by atoms with Gasteiger partial charge >= 0.3 is 41.9 Å². The zero-order valence-electron chi connectivity index (χ0n) is 5.92. The maximum Gasteiger partial charge on any atom is 1.00 e. The summed E-state index contributed by atoms with van der Waals surface area (Å²) in [5, 5.41) is 27.9. The average molecular weight is 207 g/mol. The summed E-state index contributed by atoms with van der Waals surface area (Å²) in [6.45, 7) is 0. The molecule has 0 saturated carbocycles. The van der Waals surface area contributed by atoms with Crippen LogP contribution < -0.4 is 29.6 Å². The van der Waals surface area contributed by atoms with Crippen LogP contribution in [0.5, 0.6) is 0 Å². The summed E-state index contributed by atoms with van der Waals surface area (Å²) in [5.74, 6) is 0. The van der Waals surface area contributed by atoms with E-state index in [0.29, 0.717) is 0 Å². The van der Waals surface area contributed by atoms with E-state index >= 15 is 0 Å². The number of carboxylic acid groups (broad SMARTS) is 4. The predicted octanol–water partition coefficient (Wildman–Crippen LogP) is -2.44. The largest absolute Gasteiger partial charge is 1.00 e. The number of rotatable bonds is 0. The van der Waals surface area contributed by atoms with Crippen molar-refractivity contribution < 1.29 is 77.5 Å². The van der Waals surface area contributed by atoms with E-state index in [9.17, 15) is 0 Å². The van der Waals surface area contributed by atoms with Gasteiger partial charge in [0.15, 0.2) is 0 Å². The van der Waals surface area contributed by atoms with Gasteiger partial charge in [0, 0.05) is 16.5 Å². The Bertz CT molecular complexity index is 78.6. The summed E-state index contributed by atoms with van der Waals surface area (Å²) in [5.41, 5.74) is 0. The van der Waals surface area contributed by atoms with Gasteiger partial charge < -0.3 is 21.9 Å². The van der Waals surface area contributed by atoms with E-state index in [-0.39, 0.29) is 47.5 Å². The minimum absolute atomic E-state index is 0. The zero-order chi connectivity index (χ0) is 7.15. The SMILES string of the molecule is O=C(O)O.O=C(O)O.[H-].[Na+].[Ni]. The summed E-state index contributed by atoms with van der Waals surface area (Å²) in [6.07, 6.45) is -3.67. The van der Waals surface area contributed by atoms with E-state index in [4.69, 9.17) is 30.0 Å². The smallest absolute Gasteiger partial charge is 1.00 e. The Kier molecular flexibility index (Phi) is 36.0. The Hall–Kier alpha value is 0.0335. The Labute approximate surface area is 89.6 Å². The maximum atomic E-state index is 8.56. The molecular formula is C2H5NaNiO6. The van der Waals surface area contributed by atoms with E-state index < -0.39 is 12.3 Å². The van der Waals surface area contributed by atoms with E-state index in [1.54, 1.807) is 0 Å². The number of hydrogen-bond donors (Lipinski definition) is 4. The Balaban J connectivity index is -0.0000000171. The fraction of sp³-hybridized carbons (Fsp3) is 0. The molecule has 0 fully saturated rings. The van der Waals surface area contributed by atoms with Crippen molar-refractivity contribution in [1.82, 2.24) is 0 Å². The van der Waals surface area contributed by atoms with Gasteiger partial charge in [0.05, 0.1) is 0 Å². The van der Waals surface area contributed by atoms with E-state index in [1.807, 2.05) is 0 Å². The second-order valence-electron chi connectivity index (χ2n) is 0.565. The van der Waals surface area contributed by atoms with Crippen molar-refractivity contribution in [2.75, 3.05) is 0 Å². The first-order chi connectivity index (χ1) is 3.46. The maximum absolute atomic E-state index is 8.56. The molecule has 4 N–H and O–H groups in total. The molecule has 0 aliphatic heterocycles. The molecule has 0 spiro atoms. The normalized spacial score (nSPS) is 4.80. The predicted molar refractivity (Wildman–Crippen MR) is 22.4 cm³/mol. The molecule has 0 atom stereocenters. The molecule has 0 aromatic rings. The van der Waals surface area contributed by atoms with Gasteiger partial charge in [-0.1, -0.05) is 0 Å². The molecule has 0 radical (unpaired) electrons. The van der Waals surface area contributed by atoms with Gasteiger partial charge in [0.25, 0.3) is 0 Å². The second-order valence-corrected chi connectivity index (χ2v) is 0.565. The van der Waals surface area contributed by atoms with Crippen LogP contribution in [0.1, 0.15) is 1.43 Å².